The molecule has 25 heavy (non-hydrogen) atoms. The summed E-state index contributed by atoms with van der Waals surface area (Å²) in [6.45, 7) is 3.19. The van der Waals surface area contributed by atoms with Gasteiger partial charge in [0, 0.05) is 29.1 Å². The number of ether oxygens (including phenoxy) is 1. The van der Waals surface area contributed by atoms with Crippen molar-refractivity contribution in [3.05, 3.63) is 40.4 Å². The topological polar surface area (TPSA) is 59.5 Å². The Kier molecular flexibility index (Phi) is 5.71. The number of thiazole rings is 1. The minimum Gasteiger partial charge on any atom is -0.466 e. The zero-order chi connectivity index (χ0) is 17.8. The van der Waals surface area contributed by atoms with Crippen LogP contribution in [0.3, 0.4) is 0 Å². The summed E-state index contributed by atoms with van der Waals surface area (Å²) in [7, 11) is 0. The van der Waals surface area contributed by atoms with Crippen molar-refractivity contribution < 1.29 is 14.3 Å². The largest absolute Gasteiger partial charge is 0.466 e. The lowest BCUT2D eigenvalue weighted by atomic mass is 9.98. The number of aromatic nitrogens is 1. The van der Waals surface area contributed by atoms with Gasteiger partial charge >= 0.3 is 5.97 Å². The molecule has 0 N–H and O–H groups in total. The molecule has 1 aliphatic heterocycles. The zero-order valence-corrected chi connectivity index (χ0v) is 15.5. The van der Waals surface area contributed by atoms with E-state index < -0.39 is 0 Å². The van der Waals surface area contributed by atoms with Gasteiger partial charge in [-0.1, -0.05) is 23.7 Å². The fourth-order valence-electron chi connectivity index (χ4n) is 2.87. The van der Waals surface area contributed by atoms with Gasteiger partial charge in [-0.2, -0.15) is 0 Å². The minimum atomic E-state index is -0.243. The molecule has 7 heteroatoms. The molecule has 5 nitrogen and oxygen atoms in total. The Labute approximate surface area is 155 Å². The lowest BCUT2D eigenvalue weighted by Crippen LogP contribution is -2.42. The number of likely N-dealkylation sites (tertiary alicyclic amines) is 1. The molecule has 0 radical (unpaired) electrons. The third-order valence-electron chi connectivity index (χ3n) is 4.14. The second kappa shape index (κ2) is 7.97. The SMILES string of the molecule is CCOC(=O)C1CCCN(C(=O)c2csc(-c3ccc(Cl)cc3)n2)C1. The van der Waals surface area contributed by atoms with Crippen LogP contribution in [0.5, 0.6) is 0 Å². The minimum absolute atomic E-state index is 0.134. The highest BCUT2D eigenvalue weighted by Gasteiger charge is 2.30. The first kappa shape index (κ1) is 17.9. The van der Waals surface area contributed by atoms with E-state index >= 15 is 0 Å². The van der Waals surface area contributed by atoms with Crippen LogP contribution in [0, 0.1) is 5.92 Å². The summed E-state index contributed by atoms with van der Waals surface area (Å²) in [6, 6.07) is 7.36. The van der Waals surface area contributed by atoms with Gasteiger partial charge in [0.05, 0.1) is 12.5 Å². The predicted octanol–water partition coefficient (Wildman–Crippen LogP) is 3.88. The summed E-state index contributed by atoms with van der Waals surface area (Å²) < 4.78 is 5.09. The molecule has 1 unspecified atom stereocenters. The van der Waals surface area contributed by atoms with Crippen LogP contribution in [-0.2, 0) is 9.53 Å². The molecular formula is C18H19ClN2O3S. The quantitative estimate of drug-likeness (QED) is 0.757. The van der Waals surface area contributed by atoms with E-state index in [1.54, 1.807) is 29.3 Å². The van der Waals surface area contributed by atoms with Crippen molar-refractivity contribution in [2.75, 3.05) is 19.7 Å². The average molecular weight is 379 g/mol. The summed E-state index contributed by atoms with van der Waals surface area (Å²) in [5.74, 6) is -0.599. The van der Waals surface area contributed by atoms with Crippen LogP contribution in [0.15, 0.2) is 29.6 Å². The highest BCUT2D eigenvalue weighted by atomic mass is 35.5. The maximum atomic E-state index is 12.7. The maximum absolute atomic E-state index is 12.7. The summed E-state index contributed by atoms with van der Waals surface area (Å²) in [5.41, 5.74) is 1.34. The Hall–Kier alpha value is -1.92. The van der Waals surface area contributed by atoms with Gasteiger partial charge < -0.3 is 9.64 Å². The average Bonchev–Trinajstić information content (AvgIpc) is 3.12. The number of piperidine rings is 1. The van der Waals surface area contributed by atoms with Crippen LogP contribution in [0.2, 0.25) is 5.02 Å². The summed E-state index contributed by atoms with van der Waals surface area (Å²) in [5, 5.41) is 3.20. The molecular weight excluding hydrogens is 360 g/mol. The smallest absolute Gasteiger partial charge is 0.310 e. The normalized spacial score (nSPS) is 17.4. The molecule has 0 spiro atoms. The van der Waals surface area contributed by atoms with E-state index in [9.17, 15) is 9.59 Å². The molecule has 1 aliphatic rings. The number of amides is 1. The molecule has 1 aromatic carbocycles. The molecule has 1 fully saturated rings. The fraction of sp³-hybridized carbons (Fsp3) is 0.389. The van der Waals surface area contributed by atoms with E-state index in [0.29, 0.717) is 30.4 Å². The second-order valence-corrected chi connectivity index (χ2v) is 7.18. The van der Waals surface area contributed by atoms with E-state index in [1.807, 2.05) is 12.1 Å². The third-order valence-corrected chi connectivity index (χ3v) is 5.29. The van der Waals surface area contributed by atoms with Gasteiger partial charge in [0.15, 0.2) is 0 Å². The van der Waals surface area contributed by atoms with Crippen LogP contribution in [0.1, 0.15) is 30.3 Å². The van der Waals surface area contributed by atoms with Crippen molar-refractivity contribution in [2.45, 2.75) is 19.8 Å². The zero-order valence-electron chi connectivity index (χ0n) is 13.9. The number of nitrogens with zero attached hydrogens (tertiary/aromatic N) is 2. The van der Waals surface area contributed by atoms with Gasteiger partial charge in [0.2, 0.25) is 0 Å². The van der Waals surface area contributed by atoms with Crippen LogP contribution in [-0.4, -0.2) is 41.5 Å². The Balaban J connectivity index is 1.70. The van der Waals surface area contributed by atoms with Crippen molar-refractivity contribution in [1.29, 1.82) is 0 Å². The molecule has 1 atom stereocenters. The van der Waals surface area contributed by atoms with Gasteiger partial charge in [0.25, 0.3) is 5.91 Å². The molecule has 0 aliphatic carbocycles. The highest BCUT2D eigenvalue weighted by Crippen LogP contribution is 2.26. The Bertz CT molecular complexity index is 760. The number of benzene rings is 1. The van der Waals surface area contributed by atoms with Crippen molar-refractivity contribution in [3.63, 3.8) is 0 Å². The molecule has 0 saturated carbocycles. The number of halogens is 1. The van der Waals surface area contributed by atoms with Crippen LogP contribution >= 0.6 is 22.9 Å². The summed E-state index contributed by atoms with van der Waals surface area (Å²) in [6.07, 6.45) is 1.55. The first-order valence-electron chi connectivity index (χ1n) is 8.26. The molecule has 1 saturated heterocycles. The standard InChI is InChI=1S/C18H19ClN2O3S/c1-2-24-18(23)13-4-3-9-21(10-13)17(22)15-11-25-16(20-15)12-5-7-14(19)8-6-12/h5-8,11,13H,2-4,9-10H2,1H3. The van der Waals surface area contributed by atoms with Gasteiger partial charge in [0.1, 0.15) is 10.7 Å². The molecule has 132 valence electrons. The van der Waals surface area contributed by atoms with Crippen LogP contribution < -0.4 is 0 Å². The van der Waals surface area contributed by atoms with Gasteiger partial charge in [-0.25, -0.2) is 4.98 Å². The predicted molar refractivity (Wildman–Crippen MR) is 97.8 cm³/mol. The first-order valence-corrected chi connectivity index (χ1v) is 9.51. The van der Waals surface area contributed by atoms with Crippen molar-refractivity contribution in [3.8, 4) is 10.6 Å². The van der Waals surface area contributed by atoms with Crippen molar-refractivity contribution >= 4 is 34.8 Å². The lowest BCUT2D eigenvalue weighted by Gasteiger charge is -2.31. The van der Waals surface area contributed by atoms with E-state index in [0.717, 1.165) is 23.4 Å². The lowest BCUT2D eigenvalue weighted by molar-refractivity contribution is -0.149. The highest BCUT2D eigenvalue weighted by molar-refractivity contribution is 7.13. The second-order valence-electron chi connectivity index (χ2n) is 5.89. The number of esters is 1. The maximum Gasteiger partial charge on any atom is 0.310 e. The Morgan fingerprint density at radius 1 is 1.36 bits per heavy atom. The molecule has 2 heterocycles. The molecule has 3 rings (SSSR count). The number of hydrogen-bond acceptors (Lipinski definition) is 5. The molecule has 2 aromatic rings. The monoisotopic (exact) mass is 378 g/mol. The Morgan fingerprint density at radius 2 is 2.12 bits per heavy atom. The van der Waals surface area contributed by atoms with E-state index in [2.05, 4.69) is 4.98 Å². The van der Waals surface area contributed by atoms with E-state index in [1.165, 1.54) is 11.3 Å². The molecule has 0 bridgehead atoms. The van der Waals surface area contributed by atoms with Crippen LogP contribution in [0.25, 0.3) is 10.6 Å². The molecule has 1 amide bonds. The number of rotatable bonds is 4. The summed E-state index contributed by atoms with van der Waals surface area (Å²) in [4.78, 5) is 30.8. The number of hydrogen-bond donors (Lipinski definition) is 0. The van der Waals surface area contributed by atoms with Crippen molar-refractivity contribution in [2.24, 2.45) is 5.92 Å². The van der Waals surface area contributed by atoms with Gasteiger partial charge in [-0.05, 0) is 31.9 Å². The Morgan fingerprint density at radius 3 is 2.84 bits per heavy atom. The number of carbonyl (C=O) groups is 2. The van der Waals surface area contributed by atoms with E-state index in [-0.39, 0.29) is 17.8 Å². The summed E-state index contributed by atoms with van der Waals surface area (Å²) >= 11 is 7.33. The third kappa shape index (κ3) is 4.19. The van der Waals surface area contributed by atoms with Crippen LogP contribution in [0.4, 0.5) is 0 Å². The van der Waals surface area contributed by atoms with Gasteiger partial charge in [-0.3, -0.25) is 9.59 Å². The fourth-order valence-corrected chi connectivity index (χ4v) is 3.80. The van der Waals surface area contributed by atoms with E-state index in [4.69, 9.17) is 16.3 Å². The van der Waals surface area contributed by atoms with Crippen molar-refractivity contribution in [1.82, 2.24) is 9.88 Å². The number of carbonyl (C=O) groups excluding carboxylic acids is 2. The molecule has 1 aromatic heterocycles. The van der Waals surface area contributed by atoms with Gasteiger partial charge in [-0.15, -0.1) is 11.3 Å². The first-order chi connectivity index (χ1) is 12.1.